The van der Waals surface area contributed by atoms with Gasteiger partial charge in [0.2, 0.25) is 5.95 Å². The quantitative estimate of drug-likeness (QED) is 0.263. The van der Waals surface area contributed by atoms with Crippen LogP contribution in [0.25, 0.3) is 11.1 Å². The minimum absolute atomic E-state index is 0.0515. The molecule has 1 saturated carbocycles. The van der Waals surface area contributed by atoms with Gasteiger partial charge in [-0.3, -0.25) is 4.90 Å². The zero-order chi connectivity index (χ0) is 32.9. The number of hydrogen-bond donors (Lipinski definition) is 2. The standard InChI is InChI=1S/C35H38N10O3/c1-47-33-39-19-27(20-40-33)25-7-12-30(37-17-25)45(34(46)41-16-24-5-3-2-4-6-24)29-10-8-28(9-11-29)42-32-38-18-26(15-36)31(43-32)44-14-13-35(21-44)22-48-23-35/h2-7,12,17-20,28-29H,8-11,13-14,16,21-23H2,1H3,(H,41,46)(H,38,42,43)/t28-,29-. The van der Waals surface area contributed by atoms with Crippen LogP contribution in [0.15, 0.2) is 67.3 Å². The van der Waals surface area contributed by atoms with Crippen LogP contribution in [0.4, 0.5) is 22.4 Å². The number of amides is 2. The smallest absolute Gasteiger partial charge is 0.323 e. The first-order valence-electron chi connectivity index (χ1n) is 16.3. The molecule has 3 aromatic heterocycles. The van der Waals surface area contributed by atoms with Crippen molar-refractivity contribution in [3.05, 3.63) is 78.4 Å². The van der Waals surface area contributed by atoms with Crippen LogP contribution in [0.1, 0.15) is 43.2 Å². The third kappa shape index (κ3) is 6.70. The number of carbonyl (C=O) groups is 1. The number of nitrogens with zero attached hydrogens (tertiary/aromatic N) is 8. The van der Waals surface area contributed by atoms with Gasteiger partial charge in [0.05, 0.1) is 26.5 Å². The summed E-state index contributed by atoms with van der Waals surface area (Å²) in [7, 11) is 1.53. The summed E-state index contributed by atoms with van der Waals surface area (Å²) in [6, 6.07) is 16.1. The van der Waals surface area contributed by atoms with Crippen LogP contribution >= 0.6 is 0 Å². The molecule has 3 aliphatic rings. The minimum atomic E-state index is -0.191. The Morgan fingerprint density at radius 2 is 1.79 bits per heavy atom. The lowest BCUT2D eigenvalue weighted by molar-refractivity contribution is -0.0985. The molecule has 2 saturated heterocycles. The van der Waals surface area contributed by atoms with Crippen LogP contribution in [-0.4, -0.2) is 76.4 Å². The van der Waals surface area contributed by atoms with Gasteiger partial charge in [-0.25, -0.2) is 24.7 Å². The molecule has 0 bridgehead atoms. The van der Waals surface area contributed by atoms with Gasteiger partial charge in [-0.05, 0) is 49.8 Å². The minimum Gasteiger partial charge on any atom is -0.467 e. The van der Waals surface area contributed by atoms with E-state index in [2.05, 4.69) is 36.6 Å². The molecular weight excluding hydrogens is 608 g/mol. The molecule has 13 heteroatoms. The summed E-state index contributed by atoms with van der Waals surface area (Å²) >= 11 is 0. The van der Waals surface area contributed by atoms with E-state index in [4.69, 9.17) is 19.4 Å². The highest BCUT2D eigenvalue weighted by molar-refractivity contribution is 5.91. The van der Waals surface area contributed by atoms with E-state index >= 15 is 0 Å². The van der Waals surface area contributed by atoms with Gasteiger partial charge in [0.25, 0.3) is 0 Å². The normalized spacial score (nSPS) is 19.6. The van der Waals surface area contributed by atoms with Crippen LogP contribution in [0, 0.1) is 16.7 Å². The Hall–Kier alpha value is -5.35. The van der Waals surface area contributed by atoms with E-state index in [-0.39, 0.29) is 23.5 Å². The molecule has 2 aliphatic heterocycles. The maximum Gasteiger partial charge on any atom is 0.323 e. The molecule has 13 nitrogen and oxygen atoms in total. The van der Waals surface area contributed by atoms with Gasteiger partial charge in [-0.15, -0.1) is 0 Å². The SMILES string of the molecule is COc1ncc(-c2ccc(N(C(=O)NCc3ccccc3)[C@H]3CC[C@H](Nc4ncc(C#N)c(N5CCC6(COC6)C5)n4)CC3)nc2)cn1. The van der Waals surface area contributed by atoms with Crippen molar-refractivity contribution in [2.24, 2.45) is 5.41 Å². The summed E-state index contributed by atoms with van der Waals surface area (Å²) in [5, 5.41) is 16.4. The maximum absolute atomic E-state index is 13.8. The van der Waals surface area contributed by atoms with Crippen molar-refractivity contribution in [1.29, 1.82) is 5.26 Å². The molecule has 48 heavy (non-hydrogen) atoms. The first-order valence-corrected chi connectivity index (χ1v) is 16.3. The second-order valence-electron chi connectivity index (χ2n) is 12.7. The number of rotatable bonds is 9. The van der Waals surface area contributed by atoms with Crippen molar-refractivity contribution in [2.45, 2.75) is 50.7 Å². The second kappa shape index (κ2) is 13.8. The summed E-state index contributed by atoms with van der Waals surface area (Å²) in [5.41, 5.74) is 3.33. The number of carbonyl (C=O) groups excluding carboxylic acids is 1. The van der Waals surface area contributed by atoms with Crippen LogP contribution in [0.5, 0.6) is 6.01 Å². The van der Waals surface area contributed by atoms with Crippen LogP contribution in [0.3, 0.4) is 0 Å². The predicted molar refractivity (Wildman–Crippen MR) is 179 cm³/mol. The van der Waals surface area contributed by atoms with Crippen LogP contribution in [0.2, 0.25) is 0 Å². The molecule has 3 fully saturated rings. The van der Waals surface area contributed by atoms with E-state index in [1.54, 1.807) is 29.7 Å². The molecule has 246 valence electrons. The molecule has 7 rings (SSSR count). The molecule has 0 radical (unpaired) electrons. The first kappa shape index (κ1) is 31.3. The van der Waals surface area contributed by atoms with Crippen LogP contribution in [-0.2, 0) is 11.3 Å². The largest absolute Gasteiger partial charge is 0.467 e. The van der Waals surface area contributed by atoms with Crippen molar-refractivity contribution in [2.75, 3.05) is 48.5 Å². The van der Waals surface area contributed by atoms with Crippen molar-refractivity contribution >= 4 is 23.6 Å². The average Bonchev–Trinajstić information content (AvgIpc) is 3.60. The third-order valence-electron chi connectivity index (χ3n) is 9.48. The lowest BCUT2D eigenvalue weighted by atomic mass is 9.85. The molecule has 0 atom stereocenters. The van der Waals surface area contributed by atoms with Crippen molar-refractivity contribution in [1.82, 2.24) is 30.2 Å². The number of urea groups is 1. The predicted octanol–water partition coefficient (Wildman–Crippen LogP) is 4.58. The van der Waals surface area contributed by atoms with Gasteiger partial charge in [-0.2, -0.15) is 10.2 Å². The number of ether oxygens (including phenoxy) is 2. The zero-order valence-electron chi connectivity index (χ0n) is 26.9. The monoisotopic (exact) mass is 646 g/mol. The molecule has 0 unspecified atom stereocenters. The number of pyridine rings is 1. The molecule has 1 aromatic carbocycles. The van der Waals surface area contributed by atoms with Crippen molar-refractivity contribution in [3.63, 3.8) is 0 Å². The third-order valence-corrected chi connectivity index (χ3v) is 9.48. The summed E-state index contributed by atoms with van der Waals surface area (Å²) < 4.78 is 10.6. The number of aromatic nitrogens is 5. The van der Waals surface area contributed by atoms with E-state index in [1.165, 1.54) is 7.11 Å². The fourth-order valence-corrected chi connectivity index (χ4v) is 6.75. The van der Waals surface area contributed by atoms with E-state index in [1.807, 2.05) is 42.5 Å². The van der Waals surface area contributed by atoms with Crippen LogP contribution < -0.4 is 25.2 Å². The lowest BCUT2D eigenvalue weighted by Crippen LogP contribution is -2.49. The number of nitrogens with one attached hydrogen (secondary N) is 2. The summed E-state index contributed by atoms with van der Waals surface area (Å²) in [4.78, 5) is 40.2. The Balaban J connectivity index is 1.04. The Kier molecular flexibility index (Phi) is 8.98. The van der Waals surface area contributed by atoms with E-state index in [0.29, 0.717) is 35.7 Å². The average molecular weight is 647 g/mol. The summed E-state index contributed by atoms with van der Waals surface area (Å²) in [5.74, 6) is 1.79. The first-order chi connectivity index (χ1) is 23.5. The molecule has 4 aromatic rings. The van der Waals surface area contributed by atoms with Gasteiger partial charge in [0, 0.05) is 66.9 Å². The van der Waals surface area contributed by atoms with E-state index < -0.39 is 0 Å². The second-order valence-corrected chi connectivity index (χ2v) is 12.7. The molecule has 2 N–H and O–H groups in total. The van der Waals surface area contributed by atoms with E-state index in [9.17, 15) is 10.1 Å². The highest BCUT2D eigenvalue weighted by Gasteiger charge is 2.45. The highest BCUT2D eigenvalue weighted by Crippen LogP contribution is 2.40. The highest BCUT2D eigenvalue weighted by atomic mass is 16.5. The Labute approximate surface area is 279 Å². The molecule has 1 spiro atoms. The van der Waals surface area contributed by atoms with Gasteiger partial charge in [0.15, 0.2) is 5.82 Å². The Morgan fingerprint density at radius 3 is 2.44 bits per heavy atom. The van der Waals surface area contributed by atoms with Crippen molar-refractivity contribution in [3.8, 4) is 23.2 Å². The fraction of sp³-hybridized carbons (Fsp3) is 0.400. The molecule has 1 aliphatic carbocycles. The molecule has 2 amide bonds. The summed E-state index contributed by atoms with van der Waals surface area (Å²) in [6.45, 7) is 3.64. The topological polar surface area (TPSA) is 154 Å². The molecular formula is C35H38N10O3. The van der Waals surface area contributed by atoms with Crippen molar-refractivity contribution < 1.29 is 14.3 Å². The van der Waals surface area contributed by atoms with E-state index in [0.717, 1.165) is 75.1 Å². The number of benzene rings is 1. The number of nitriles is 1. The van der Waals surface area contributed by atoms with Gasteiger partial charge >= 0.3 is 12.0 Å². The maximum atomic E-state index is 13.8. The van der Waals surface area contributed by atoms with Gasteiger partial charge in [-0.1, -0.05) is 30.3 Å². The van der Waals surface area contributed by atoms with Gasteiger partial charge in [0.1, 0.15) is 17.5 Å². The van der Waals surface area contributed by atoms with Gasteiger partial charge < -0.3 is 25.0 Å². The number of hydrogen-bond acceptors (Lipinski definition) is 11. The Bertz CT molecular complexity index is 1750. The zero-order valence-corrected chi connectivity index (χ0v) is 26.9. The summed E-state index contributed by atoms with van der Waals surface area (Å²) in [6.07, 6.45) is 10.9. The lowest BCUT2D eigenvalue weighted by Gasteiger charge is -2.37. The number of anilines is 3. The fourth-order valence-electron chi connectivity index (χ4n) is 6.75. The molecule has 5 heterocycles. The number of methoxy groups -OCH3 is 1. The Morgan fingerprint density at radius 1 is 1.02 bits per heavy atom.